The summed E-state index contributed by atoms with van der Waals surface area (Å²) < 4.78 is 6.55. The third kappa shape index (κ3) is 3.95. The minimum Gasteiger partial charge on any atom is -0.326 e. The summed E-state index contributed by atoms with van der Waals surface area (Å²) in [7, 11) is 0. The molecule has 1 N–H and O–H groups in total. The largest absolute Gasteiger partial charge is 0.326 e. The van der Waals surface area contributed by atoms with E-state index in [0.29, 0.717) is 0 Å². The highest BCUT2D eigenvalue weighted by atomic mass is 16.6. The number of likely N-dealkylation sites (tertiary alicyclic amines) is 1. The van der Waals surface area contributed by atoms with Gasteiger partial charge < -0.3 is 5.32 Å². The first-order valence-corrected chi connectivity index (χ1v) is 10.1. The molecule has 152 valence electrons. The number of hydrogen-bond donors (Lipinski definition) is 1. The van der Waals surface area contributed by atoms with Crippen molar-refractivity contribution in [2.75, 3.05) is 18.4 Å². The van der Waals surface area contributed by atoms with E-state index in [1.54, 1.807) is 10.9 Å². The smallest absolute Gasteiger partial charge is 0.227 e. The minimum atomic E-state index is 0.0364. The Hall–Kier alpha value is -3.52. The predicted octanol–water partition coefficient (Wildman–Crippen LogP) is 3.26. The zero-order valence-corrected chi connectivity index (χ0v) is 16.4. The van der Waals surface area contributed by atoms with Gasteiger partial charge >= 0.3 is 0 Å². The van der Waals surface area contributed by atoms with Crippen molar-refractivity contribution in [1.29, 1.82) is 0 Å². The summed E-state index contributed by atoms with van der Waals surface area (Å²) in [4.78, 5) is 15.1. The molecule has 0 radical (unpaired) electrons. The van der Waals surface area contributed by atoms with Crippen LogP contribution in [0.1, 0.15) is 18.4 Å². The molecule has 3 heterocycles. The fraction of sp³-hybridized carbons (Fsp3) is 0.273. The zero-order valence-electron chi connectivity index (χ0n) is 16.4. The number of benzene rings is 2. The fourth-order valence-electron chi connectivity index (χ4n) is 3.90. The SMILES string of the molecule is O=C(Nc1ccc(-n2cccn2)cc1)C1CCN(Cc2ccc3nonc3c2)CC1. The average Bonchev–Trinajstić information content (AvgIpc) is 3.47. The number of anilines is 1. The standard InChI is InChI=1S/C22H22N6O2/c29-22(24-18-3-5-19(6-4-18)28-11-1-10-23-28)17-8-12-27(13-9-17)15-16-2-7-20-21(14-16)26-30-25-20/h1-7,10-11,14,17H,8-9,12-13,15H2,(H,24,29). The normalized spacial score (nSPS) is 15.5. The Kier molecular flexibility index (Phi) is 4.98. The summed E-state index contributed by atoms with van der Waals surface area (Å²) in [6, 6.07) is 15.6. The molecule has 0 spiro atoms. The van der Waals surface area contributed by atoms with Crippen molar-refractivity contribution in [3.63, 3.8) is 0 Å². The van der Waals surface area contributed by atoms with Gasteiger partial charge in [0.1, 0.15) is 11.0 Å². The lowest BCUT2D eigenvalue weighted by Gasteiger charge is -2.31. The molecule has 5 rings (SSSR count). The first kappa shape index (κ1) is 18.5. The van der Waals surface area contributed by atoms with Crippen LogP contribution in [0.5, 0.6) is 0 Å². The first-order chi connectivity index (χ1) is 14.7. The van der Waals surface area contributed by atoms with Crippen molar-refractivity contribution in [3.05, 3.63) is 66.5 Å². The molecule has 8 heteroatoms. The molecule has 1 saturated heterocycles. The summed E-state index contributed by atoms with van der Waals surface area (Å²) >= 11 is 0. The van der Waals surface area contributed by atoms with E-state index in [9.17, 15) is 4.79 Å². The van der Waals surface area contributed by atoms with Crippen molar-refractivity contribution in [2.24, 2.45) is 5.92 Å². The van der Waals surface area contributed by atoms with Crippen LogP contribution in [0.15, 0.2) is 65.6 Å². The van der Waals surface area contributed by atoms with Gasteiger partial charge in [0.15, 0.2) is 0 Å². The number of hydrogen-bond acceptors (Lipinski definition) is 6. The summed E-state index contributed by atoms with van der Waals surface area (Å²) in [5.74, 6) is 0.130. The van der Waals surface area contributed by atoms with Gasteiger partial charge in [-0.1, -0.05) is 6.07 Å². The topological polar surface area (TPSA) is 89.1 Å². The van der Waals surface area contributed by atoms with E-state index in [4.69, 9.17) is 4.63 Å². The van der Waals surface area contributed by atoms with Crippen LogP contribution in [-0.2, 0) is 11.3 Å². The predicted molar refractivity (Wildman–Crippen MR) is 112 cm³/mol. The van der Waals surface area contributed by atoms with E-state index >= 15 is 0 Å². The van der Waals surface area contributed by atoms with Crippen molar-refractivity contribution in [1.82, 2.24) is 25.0 Å². The van der Waals surface area contributed by atoms with Gasteiger partial charge in [-0.3, -0.25) is 9.69 Å². The number of carbonyl (C=O) groups excluding carboxylic acids is 1. The number of nitrogens with zero attached hydrogens (tertiary/aromatic N) is 5. The van der Waals surface area contributed by atoms with Gasteiger partial charge in [0.25, 0.3) is 0 Å². The second kappa shape index (κ2) is 8.08. The highest BCUT2D eigenvalue weighted by Gasteiger charge is 2.25. The Balaban J connectivity index is 1.14. The maximum atomic E-state index is 12.7. The molecular formula is C22H22N6O2. The third-order valence-corrected chi connectivity index (χ3v) is 5.59. The molecule has 1 fully saturated rings. The molecule has 1 aliphatic heterocycles. The molecule has 0 saturated carbocycles. The Bertz CT molecular complexity index is 1130. The van der Waals surface area contributed by atoms with Crippen LogP contribution in [-0.4, -0.2) is 44.0 Å². The molecule has 4 aromatic rings. The average molecular weight is 402 g/mol. The van der Waals surface area contributed by atoms with Crippen LogP contribution in [0.4, 0.5) is 5.69 Å². The molecule has 2 aromatic carbocycles. The summed E-state index contributed by atoms with van der Waals surface area (Å²) in [5.41, 5.74) is 4.50. The van der Waals surface area contributed by atoms with Gasteiger partial charge in [-0.15, -0.1) is 0 Å². The van der Waals surface area contributed by atoms with E-state index in [0.717, 1.165) is 54.9 Å². The zero-order chi connectivity index (χ0) is 20.3. The van der Waals surface area contributed by atoms with E-state index in [-0.39, 0.29) is 11.8 Å². The van der Waals surface area contributed by atoms with Crippen molar-refractivity contribution in [2.45, 2.75) is 19.4 Å². The highest BCUT2D eigenvalue weighted by Crippen LogP contribution is 2.22. The van der Waals surface area contributed by atoms with Gasteiger partial charge in [-0.2, -0.15) is 5.10 Å². The summed E-state index contributed by atoms with van der Waals surface area (Å²) in [6.07, 6.45) is 5.34. The van der Waals surface area contributed by atoms with Crippen LogP contribution in [0.3, 0.4) is 0 Å². The lowest BCUT2D eigenvalue weighted by Crippen LogP contribution is -2.37. The van der Waals surface area contributed by atoms with E-state index in [1.807, 2.05) is 48.7 Å². The first-order valence-electron chi connectivity index (χ1n) is 10.1. The van der Waals surface area contributed by atoms with Crippen molar-refractivity contribution >= 4 is 22.6 Å². The van der Waals surface area contributed by atoms with Crippen LogP contribution in [0.25, 0.3) is 16.7 Å². The molecule has 30 heavy (non-hydrogen) atoms. The number of fused-ring (bicyclic) bond motifs is 1. The van der Waals surface area contributed by atoms with Gasteiger partial charge in [0, 0.05) is 30.5 Å². The van der Waals surface area contributed by atoms with Gasteiger partial charge in [0.05, 0.1) is 5.69 Å². The monoisotopic (exact) mass is 402 g/mol. The molecule has 0 atom stereocenters. The summed E-state index contributed by atoms with van der Waals surface area (Å²) in [6.45, 7) is 2.63. The number of aromatic nitrogens is 4. The van der Waals surface area contributed by atoms with Crippen molar-refractivity contribution in [3.8, 4) is 5.69 Å². The minimum absolute atomic E-state index is 0.0364. The Morgan fingerprint density at radius 1 is 1.07 bits per heavy atom. The fourth-order valence-corrected chi connectivity index (χ4v) is 3.90. The van der Waals surface area contributed by atoms with Gasteiger partial charge in [-0.25, -0.2) is 9.31 Å². The van der Waals surface area contributed by atoms with Crippen LogP contribution < -0.4 is 5.32 Å². The third-order valence-electron chi connectivity index (χ3n) is 5.59. The highest BCUT2D eigenvalue weighted by molar-refractivity contribution is 5.92. The quantitative estimate of drug-likeness (QED) is 0.551. The second-order valence-corrected chi connectivity index (χ2v) is 7.62. The molecule has 2 aromatic heterocycles. The molecule has 1 amide bonds. The maximum Gasteiger partial charge on any atom is 0.227 e. The lowest BCUT2D eigenvalue weighted by atomic mass is 9.95. The lowest BCUT2D eigenvalue weighted by molar-refractivity contribution is -0.121. The Morgan fingerprint density at radius 3 is 2.63 bits per heavy atom. The maximum absolute atomic E-state index is 12.7. The number of rotatable bonds is 5. The number of piperidine rings is 1. The van der Waals surface area contributed by atoms with E-state index in [1.165, 1.54) is 5.56 Å². The second-order valence-electron chi connectivity index (χ2n) is 7.62. The van der Waals surface area contributed by atoms with Crippen LogP contribution in [0.2, 0.25) is 0 Å². The van der Waals surface area contributed by atoms with Gasteiger partial charge in [0.2, 0.25) is 5.91 Å². The summed E-state index contributed by atoms with van der Waals surface area (Å²) in [5, 5.41) is 15.0. The number of nitrogens with one attached hydrogen (secondary N) is 1. The van der Waals surface area contributed by atoms with Crippen LogP contribution >= 0.6 is 0 Å². The van der Waals surface area contributed by atoms with Crippen LogP contribution in [0, 0.1) is 5.92 Å². The van der Waals surface area contributed by atoms with E-state index in [2.05, 4.69) is 31.7 Å². The number of carbonyl (C=O) groups is 1. The Morgan fingerprint density at radius 2 is 1.87 bits per heavy atom. The van der Waals surface area contributed by atoms with Gasteiger partial charge in [-0.05, 0) is 84.3 Å². The molecule has 1 aliphatic rings. The Labute approximate surface area is 173 Å². The van der Waals surface area contributed by atoms with Crippen molar-refractivity contribution < 1.29 is 9.42 Å². The molecule has 0 aliphatic carbocycles. The number of amides is 1. The molecule has 8 nitrogen and oxygen atoms in total. The molecule has 0 unspecified atom stereocenters. The molecule has 0 bridgehead atoms. The molecular weight excluding hydrogens is 380 g/mol. The van der Waals surface area contributed by atoms with E-state index < -0.39 is 0 Å².